The summed E-state index contributed by atoms with van der Waals surface area (Å²) in [6.45, 7) is 0. The summed E-state index contributed by atoms with van der Waals surface area (Å²) in [4.78, 5) is 13.5. The fourth-order valence-electron chi connectivity index (χ4n) is 3.68. The second-order valence-corrected chi connectivity index (χ2v) is 7.53. The Labute approximate surface area is 172 Å². The lowest BCUT2D eigenvalue weighted by molar-refractivity contribution is -0.116. The van der Waals surface area contributed by atoms with Gasteiger partial charge < -0.3 is 19.5 Å². The molecule has 2 aromatic carbocycles. The Morgan fingerprint density at radius 2 is 1.69 bits per heavy atom. The van der Waals surface area contributed by atoms with E-state index in [9.17, 15) is 9.18 Å². The first kappa shape index (κ1) is 19.3. The molecule has 1 aromatic heterocycles. The van der Waals surface area contributed by atoms with Crippen LogP contribution in [0.3, 0.4) is 0 Å². The number of benzene rings is 2. The van der Waals surface area contributed by atoms with Crippen molar-refractivity contribution in [1.82, 2.24) is 0 Å². The molecule has 0 spiro atoms. The number of nitrogens with one attached hydrogen (secondary N) is 1. The van der Waals surface area contributed by atoms with Crippen molar-refractivity contribution >= 4 is 22.9 Å². The van der Waals surface area contributed by atoms with Gasteiger partial charge in [0.15, 0.2) is 11.5 Å². The normalized spacial score (nSPS) is 15.4. The number of carbonyl (C=O) groups excluding carboxylic acids is 1. The number of thiophene rings is 1. The minimum absolute atomic E-state index is 0.129. The maximum atomic E-state index is 14.4. The second kappa shape index (κ2) is 7.75. The minimum Gasteiger partial charge on any atom is -0.496 e. The molecule has 1 amide bonds. The van der Waals surface area contributed by atoms with Crippen molar-refractivity contribution in [3.8, 4) is 28.4 Å². The molecule has 150 valence electrons. The highest BCUT2D eigenvalue weighted by Crippen LogP contribution is 2.50. The van der Waals surface area contributed by atoms with Crippen molar-refractivity contribution in [2.24, 2.45) is 0 Å². The number of halogens is 1. The van der Waals surface area contributed by atoms with E-state index in [0.29, 0.717) is 34.1 Å². The molecule has 0 unspecified atom stereocenters. The predicted molar refractivity (Wildman–Crippen MR) is 111 cm³/mol. The van der Waals surface area contributed by atoms with E-state index in [1.165, 1.54) is 17.4 Å². The van der Waals surface area contributed by atoms with Crippen molar-refractivity contribution in [3.63, 3.8) is 0 Å². The first-order valence-electron chi connectivity index (χ1n) is 9.03. The maximum absolute atomic E-state index is 14.4. The topological polar surface area (TPSA) is 56.8 Å². The largest absolute Gasteiger partial charge is 0.496 e. The highest BCUT2D eigenvalue weighted by Gasteiger charge is 2.33. The Morgan fingerprint density at radius 1 is 1.00 bits per heavy atom. The second-order valence-electron chi connectivity index (χ2n) is 6.62. The summed E-state index contributed by atoms with van der Waals surface area (Å²) in [6.07, 6.45) is 0.260. The van der Waals surface area contributed by atoms with Crippen LogP contribution in [0.4, 0.5) is 10.1 Å². The number of rotatable bonds is 5. The minimum atomic E-state index is -0.326. The van der Waals surface area contributed by atoms with Crippen molar-refractivity contribution in [2.45, 2.75) is 12.3 Å². The molecule has 1 N–H and O–H groups in total. The molecule has 2 heterocycles. The van der Waals surface area contributed by atoms with Gasteiger partial charge in [-0.25, -0.2) is 4.39 Å². The van der Waals surface area contributed by atoms with E-state index >= 15 is 0 Å². The summed E-state index contributed by atoms with van der Waals surface area (Å²) < 4.78 is 30.8. The van der Waals surface area contributed by atoms with Crippen LogP contribution in [0.15, 0.2) is 41.8 Å². The SMILES string of the molecule is COc1cc(OC)c([C@@H]2CC(=O)Nc3c(-c4ccccc4F)csc32)cc1OC. The molecule has 5 nitrogen and oxygen atoms in total. The van der Waals surface area contributed by atoms with Crippen LogP contribution in [0.1, 0.15) is 22.8 Å². The third kappa shape index (κ3) is 3.31. The molecule has 1 aliphatic rings. The van der Waals surface area contributed by atoms with Crippen LogP contribution in [0.25, 0.3) is 11.1 Å². The van der Waals surface area contributed by atoms with Gasteiger partial charge in [0.05, 0.1) is 27.0 Å². The van der Waals surface area contributed by atoms with Gasteiger partial charge in [-0.1, -0.05) is 18.2 Å². The molecule has 0 aliphatic carbocycles. The average molecular weight is 413 g/mol. The lowest BCUT2D eigenvalue weighted by Crippen LogP contribution is -2.23. The number of fused-ring (bicyclic) bond motifs is 1. The zero-order valence-electron chi connectivity index (χ0n) is 16.2. The van der Waals surface area contributed by atoms with Gasteiger partial charge >= 0.3 is 0 Å². The van der Waals surface area contributed by atoms with Gasteiger partial charge in [-0.05, 0) is 12.1 Å². The Morgan fingerprint density at radius 3 is 2.38 bits per heavy atom. The quantitative estimate of drug-likeness (QED) is 0.636. The summed E-state index contributed by atoms with van der Waals surface area (Å²) in [5.41, 5.74) is 2.62. The van der Waals surface area contributed by atoms with Crippen molar-refractivity contribution < 1.29 is 23.4 Å². The van der Waals surface area contributed by atoms with Crippen LogP contribution >= 0.6 is 11.3 Å². The van der Waals surface area contributed by atoms with Crippen LogP contribution in [0.5, 0.6) is 17.2 Å². The summed E-state index contributed by atoms with van der Waals surface area (Å²) >= 11 is 1.49. The lowest BCUT2D eigenvalue weighted by Gasteiger charge is -2.26. The molecule has 3 aromatic rings. The standard InChI is InChI=1S/C22H20FNO4S/c1-26-17-10-19(28-3)18(27-2)8-13(17)14-9-20(25)24-21-15(11-29-22(14)21)12-6-4-5-7-16(12)23/h4-8,10-11,14H,9H2,1-3H3,(H,24,25)/t14-/m0/s1. The van der Waals surface area contributed by atoms with Gasteiger partial charge in [-0.2, -0.15) is 0 Å². The van der Waals surface area contributed by atoms with Crippen molar-refractivity contribution in [3.05, 3.63) is 58.0 Å². The molecule has 0 saturated carbocycles. The molecular formula is C22H20FNO4S. The number of hydrogen-bond donors (Lipinski definition) is 1. The molecule has 1 aliphatic heterocycles. The Balaban J connectivity index is 1.87. The maximum Gasteiger partial charge on any atom is 0.225 e. The molecule has 0 saturated heterocycles. The highest BCUT2D eigenvalue weighted by molar-refractivity contribution is 7.11. The van der Waals surface area contributed by atoms with E-state index in [1.807, 2.05) is 11.4 Å². The third-order valence-electron chi connectivity index (χ3n) is 5.07. The van der Waals surface area contributed by atoms with Crippen LogP contribution in [-0.4, -0.2) is 27.2 Å². The number of ether oxygens (including phenoxy) is 3. The first-order valence-corrected chi connectivity index (χ1v) is 9.91. The smallest absolute Gasteiger partial charge is 0.225 e. The molecular weight excluding hydrogens is 393 g/mol. The van der Waals surface area contributed by atoms with E-state index in [4.69, 9.17) is 14.2 Å². The van der Waals surface area contributed by atoms with Crippen LogP contribution in [-0.2, 0) is 4.79 Å². The number of amides is 1. The third-order valence-corrected chi connectivity index (χ3v) is 6.16. The van der Waals surface area contributed by atoms with Gasteiger partial charge in [0.1, 0.15) is 11.6 Å². The highest BCUT2D eigenvalue weighted by atomic mass is 32.1. The van der Waals surface area contributed by atoms with E-state index < -0.39 is 0 Å². The van der Waals surface area contributed by atoms with Crippen LogP contribution in [0.2, 0.25) is 0 Å². The Bertz CT molecular complexity index is 1080. The number of anilines is 1. The van der Waals surface area contributed by atoms with Gasteiger partial charge in [-0.3, -0.25) is 4.79 Å². The fourth-order valence-corrected chi connectivity index (χ4v) is 4.82. The number of hydrogen-bond acceptors (Lipinski definition) is 5. The van der Waals surface area contributed by atoms with Gasteiger partial charge in [0, 0.05) is 45.4 Å². The Kier molecular flexibility index (Phi) is 5.15. The van der Waals surface area contributed by atoms with E-state index in [2.05, 4.69) is 5.32 Å². The molecule has 0 bridgehead atoms. The van der Waals surface area contributed by atoms with Crippen molar-refractivity contribution in [1.29, 1.82) is 0 Å². The monoisotopic (exact) mass is 413 g/mol. The van der Waals surface area contributed by atoms with E-state index in [1.54, 1.807) is 45.6 Å². The Hall–Kier alpha value is -3.06. The average Bonchev–Trinajstić information content (AvgIpc) is 3.15. The zero-order chi connectivity index (χ0) is 20.5. The van der Waals surface area contributed by atoms with Gasteiger partial charge in [-0.15, -0.1) is 11.3 Å². The van der Waals surface area contributed by atoms with Crippen molar-refractivity contribution in [2.75, 3.05) is 26.6 Å². The predicted octanol–water partition coefficient (Wildman–Crippen LogP) is 5.05. The molecule has 0 radical (unpaired) electrons. The molecule has 4 rings (SSSR count). The summed E-state index contributed by atoms with van der Waals surface area (Å²) in [6, 6.07) is 10.2. The fraction of sp³-hybridized carbons (Fsp3) is 0.227. The summed E-state index contributed by atoms with van der Waals surface area (Å²) in [5, 5.41) is 4.81. The molecule has 0 fully saturated rings. The number of methoxy groups -OCH3 is 3. The molecule has 29 heavy (non-hydrogen) atoms. The van der Waals surface area contributed by atoms with Crippen LogP contribution < -0.4 is 19.5 Å². The van der Waals surface area contributed by atoms with E-state index in [0.717, 1.165) is 10.4 Å². The summed E-state index contributed by atoms with van der Waals surface area (Å²) in [7, 11) is 4.70. The zero-order valence-corrected chi connectivity index (χ0v) is 17.1. The first-order chi connectivity index (χ1) is 14.1. The molecule has 7 heteroatoms. The molecule has 1 atom stereocenters. The van der Waals surface area contributed by atoms with Crippen LogP contribution in [0, 0.1) is 5.82 Å². The van der Waals surface area contributed by atoms with E-state index in [-0.39, 0.29) is 24.1 Å². The van der Waals surface area contributed by atoms with Gasteiger partial charge in [0.25, 0.3) is 0 Å². The lowest BCUT2D eigenvalue weighted by atomic mass is 9.88. The van der Waals surface area contributed by atoms with Gasteiger partial charge in [0.2, 0.25) is 5.91 Å². The number of carbonyl (C=O) groups is 1. The summed E-state index contributed by atoms with van der Waals surface area (Å²) in [5.74, 6) is 1.02.